The number of hydrogen-bond donors (Lipinski definition) is 1. The average molecular weight is 378 g/mol. The van der Waals surface area contributed by atoms with Crippen LogP contribution in [-0.2, 0) is 6.61 Å². The lowest BCUT2D eigenvalue weighted by atomic mass is 9.95. The zero-order chi connectivity index (χ0) is 19.3. The van der Waals surface area contributed by atoms with E-state index in [1.807, 2.05) is 24.4 Å². The topological polar surface area (TPSA) is 90.1 Å². The van der Waals surface area contributed by atoms with E-state index in [-0.39, 0.29) is 18.1 Å². The molecule has 3 aromatic heterocycles. The lowest BCUT2D eigenvalue weighted by Gasteiger charge is -2.24. The minimum atomic E-state index is -0.215. The molecule has 0 aliphatic heterocycles. The molecule has 3 heterocycles. The molecule has 1 fully saturated rings. The van der Waals surface area contributed by atoms with E-state index in [1.165, 1.54) is 31.5 Å². The average Bonchev–Trinajstić information content (AvgIpc) is 3.23. The van der Waals surface area contributed by atoms with Gasteiger partial charge in [-0.15, -0.1) is 0 Å². The summed E-state index contributed by atoms with van der Waals surface area (Å²) in [6.45, 7) is 0.228. The Labute approximate surface area is 163 Å². The zero-order valence-corrected chi connectivity index (χ0v) is 15.5. The first-order valence-corrected chi connectivity index (χ1v) is 9.51. The monoisotopic (exact) mass is 378 g/mol. The Hall–Kier alpha value is -3.22. The largest absolute Gasteiger partial charge is 0.493 e. The fourth-order valence-electron chi connectivity index (χ4n) is 3.72. The highest BCUT2D eigenvalue weighted by molar-refractivity contribution is 5.79. The molecule has 0 atom stereocenters. The van der Waals surface area contributed by atoms with E-state index in [4.69, 9.17) is 4.74 Å². The first kappa shape index (κ1) is 18.2. The molecule has 1 aliphatic rings. The lowest BCUT2D eigenvalue weighted by Crippen LogP contribution is -2.16. The molecule has 4 rings (SSSR count). The summed E-state index contributed by atoms with van der Waals surface area (Å²) in [5, 5.41) is 14.0. The van der Waals surface area contributed by atoms with Crippen molar-refractivity contribution in [3.8, 4) is 23.0 Å². The van der Waals surface area contributed by atoms with Crippen molar-refractivity contribution in [1.29, 1.82) is 0 Å². The van der Waals surface area contributed by atoms with Crippen LogP contribution >= 0.6 is 0 Å². The van der Waals surface area contributed by atoms with Crippen molar-refractivity contribution in [2.75, 3.05) is 0 Å². The lowest BCUT2D eigenvalue weighted by molar-refractivity contribution is 0.111. The van der Waals surface area contributed by atoms with Gasteiger partial charge in [0.25, 0.3) is 0 Å². The number of carbonyl (C=O) groups excluding carboxylic acids is 1. The Bertz CT molecular complexity index is 964. The fraction of sp³-hybridized carbons (Fsp3) is 0.333. The van der Waals surface area contributed by atoms with Gasteiger partial charge in [-0.1, -0.05) is 25.3 Å². The minimum Gasteiger partial charge on any atom is -0.493 e. The third-order valence-electron chi connectivity index (χ3n) is 5.12. The van der Waals surface area contributed by atoms with Crippen LogP contribution < -0.4 is 4.74 Å². The third-order valence-corrected chi connectivity index (χ3v) is 5.12. The van der Waals surface area contributed by atoms with Gasteiger partial charge in [0, 0.05) is 24.0 Å². The van der Waals surface area contributed by atoms with Gasteiger partial charge in [-0.25, -0.2) is 4.98 Å². The number of rotatable bonds is 6. The number of aldehydes is 1. The summed E-state index contributed by atoms with van der Waals surface area (Å²) in [5.74, 6) is 0.108. The molecule has 1 aliphatic carbocycles. The van der Waals surface area contributed by atoms with Crippen molar-refractivity contribution in [1.82, 2.24) is 19.7 Å². The van der Waals surface area contributed by atoms with Crippen LogP contribution in [0.1, 0.15) is 54.1 Å². The smallest absolute Gasteiger partial charge is 0.211 e. The fourth-order valence-corrected chi connectivity index (χ4v) is 3.72. The first-order valence-electron chi connectivity index (χ1n) is 9.51. The molecular weight excluding hydrogens is 356 g/mol. The number of aromatic hydroxyl groups is 1. The highest BCUT2D eigenvalue weighted by Crippen LogP contribution is 2.32. The van der Waals surface area contributed by atoms with Gasteiger partial charge in [0.1, 0.15) is 12.4 Å². The van der Waals surface area contributed by atoms with Crippen LogP contribution in [-0.4, -0.2) is 31.1 Å². The molecule has 1 saturated carbocycles. The maximum atomic E-state index is 11.2. The van der Waals surface area contributed by atoms with Crippen molar-refractivity contribution < 1.29 is 14.6 Å². The molecule has 0 bridgehead atoms. The number of hydrogen-bond acceptors (Lipinski definition) is 6. The molecule has 0 unspecified atom stereocenters. The van der Waals surface area contributed by atoms with Gasteiger partial charge in [0.05, 0.1) is 29.2 Å². The second-order valence-corrected chi connectivity index (χ2v) is 6.95. The minimum absolute atomic E-state index is 0.215. The molecule has 28 heavy (non-hydrogen) atoms. The number of ether oxygens (including phenoxy) is 1. The maximum absolute atomic E-state index is 11.2. The Kier molecular flexibility index (Phi) is 5.32. The van der Waals surface area contributed by atoms with Crippen molar-refractivity contribution in [3.05, 3.63) is 54.0 Å². The second-order valence-electron chi connectivity index (χ2n) is 6.95. The molecule has 144 valence electrons. The Morgan fingerprint density at radius 2 is 2.04 bits per heavy atom. The predicted molar refractivity (Wildman–Crippen MR) is 103 cm³/mol. The standard InChI is InChI=1S/C21H22N4O3/c26-13-16-11-20(27)23-12-19(16)28-14-15-5-4-9-22-21(15)18-8-10-24-25(18)17-6-2-1-3-7-17/h4-5,8-13,17H,1-3,6-7,14H2,(H,23,27). The molecule has 3 aromatic rings. The number of nitrogens with zero attached hydrogens (tertiary/aromatic N) is 4. The SMILES string of the molecule is O=Cc1cc(O)ncc1OCc1cccnc1-c1ccnn1C1CCCCC1. The summed E-state index contributed by atoms with van der Waals surface area (Å²) < 4.78 is 7.91. The molecule has 1 N–H and O–H groups in total. The predicted octanol–water partition coefficient (Wildman–Crippen LogP) is 3.94. The van der Waals surface area contributed by atoms with Gasteiger partial charge in [-0.2, -0.15) is 5.10 Å². The van der Waals surface area contributed by atoms with Crippen LogP contribution in [0.15, 0.2) is 42.9 Å². The summed E-state index contributed by atoms with van der Waals surface area (Å²) in [6.07, 6.45) is 11.6. The van der Waals surface area contributed by atoms with Crippen molar-refractivity contribution in [3.63, 3.8) is 0 Å². The summed E-state index contributed by atoms with van der Waals surface area (Å²) in [5.41, 5.74) is 2.95. The van der Waals surface area contributed by atoms with Crippen LogP contribution in [0.4, 0.5) is 0 Å². The van der Waals surface area contributed by atoms with E-state index in [1.54, 1.807) is 6.20 Å². The molecule has 0 radical (unpaired) electrons. The third kappa shape index (κ3) is 3.74. The molecule has 0 amide bonds. The van der Waals surface area contributed by atoms with E-state index in [9.17, 15) is 9.90 Å². The first-order chi connectivity index (χ1) is 13.8. The number of aromatic nitrogens is 4. The number of pyridine rings is 2. The molecular formula is C21H22N4O3. The second kappa shape index (κ2) is 8.21. The Balaban J connectivity index is 1.60. The summed E-state index contributed by atoms with van der Waals surface area (Å²) in [7, 11) is 0. The molecule has 0 aromatic carbocycles. The highest BCUT2D eigenvalue weighted by Gasteiger charge is 2.21. The maximum Gasteiger partial charge on any atom is 0.211 e. The van der Waals surface area contributed by atoms with Gasteiger partial charge >= 0.3 is 0 Å². The van der Waals surface area contributed by atoms with E-state index in [0.717, 1.165) is 29.8 Å². The summed E-state index contributed by atoms with van der Waals surface area (Å²) in [6, 6.07) is 7.48. The Morgan fingerprint density at radius 1 is 1.18 bits per heavy atom. The van der Waals surface area contributed by atoms with Crippen molar-refractivity contribution >= 4 is 6.29 Å². The van der Waals surface area contributed by atoms with Crippen LogP contribution in [0.5, 0.6) is 11.6 Å². The van der Waals surface area contributed by atoms with Crippen LogP contribution in [0.3, 0.4) is 0 Å². The van der Waals surface area contributed by atoms with E-state index in [0.29, 0.717) is 18.1 Å². The van der Waals surface area contributed by atoms with Gasteiger partial charge < -0.3 is 9.84 Å². The van der Waals surface area contributed by atoms with E-state index in [2.05, 4.69) is 19.7 Å². The van der Waals surface area contributed by atoms with Gasteiger partial charge in [0.2, 0.25) is 5.88 Å². The van der Waals surface area contributed by atoms with Crippen molar-refractivity contribution in [2.45, 2.75) is 44.8 Å². The highest BCUT2D eigenvalue weighted by atomic mass is 16.5. The van der Waals surface area contributed by atoms with Crippen LogP contribution in [0.25, 0.3) is 11.4 Å². The van der Waals surface area contributed by atoms with E-state index >= 15 is 0 Å². The summed E-state index contributed by atoms with van der Waals surface area (Å²) >= 11 is 0. The molecule has 0 spiro atoms. The molecule has 0 saturated heterocycles. The van der Waals surface area contributed by atoms with E-state index < -0.39 is 0 Å². The summed E-state index contributed by atoms with van der Waals surface area (Å²) in [4.78, 5) is 19.6. The zero-order valence-electron chi connectivity index (χ0n) is 15.5. The van der Waals surface area contributed by atoms with Crippen LogP contribution in [0.2, 0.25) is 0 Å². The number of carbonyl (C=O) groups is 1. The van der Waals surface area contributed by atoms with Crippen molar-refractivity contribution in [2.24, 2.45) is 0 Å². The normalized spacial score (nSPS) is 14.7. The van der Waals surface area contributed by atoms with Gasteiger partial charge in [-0.3, -0.25) is 14.5 Å². The van der Waals surface area contributed by atoms with Gasteiger partial charge in [-0.05, 0) is 25.0 Å². The molecule has 7 nitrogen and oxygen atoms in total. The Morgan fingerprint density at radius 3 is 2.86 bits per heavy atom. The quantitative estimate of drug-likeness (QED) is 0.653. The van der Waals surface area contributed by atoms with Crippen LogP contribution in [0, 0.1) is 0 Å². The molecule has 7 heteroatoms. The van der Waals surface area contributed by atoms with Gasteiger partial charge in [0.15, 0.2) is 6.29 Å².